The van der Waals surface area contributed by atoms with Crippen LogP contribution in [0.5, 0.6) is 0 Å². The summed E-state index contributed by atoms with van der Waals surface area (Å²) >= 11 is 1.00. The van der Waals surface area contributed by atoms with E-state index in [1.54, 1.807) is 24.3 Å². The van der Waals surface area contributed by atoms with Crippen molar-refractivity contribution in [3.05, 3.63) is 65.5 Å². The van der Waals surface area contributed by atoms with E-state index in [0.717, 1.165) is 34.2 Å². The maximum Gasteiger partial charge on any atom is 0.289 e. The molecule has 1 fully saturated rings. The van der Waals surface area contributed by atoms with E-state index in [4.69, 9.17) is 0 Å². The minimum atomic E-state index is -0.248. The second-order valence-electron chi connectivity index (χ2n) is 6.49. The molecule has 4 rings (SSSR count). The zero-order chi connectivity index (χ0) is 19.7. The fourth-order valence-corrected chi connectivity index (χ4v) is 3.87. The van der Waals surface area contributed by atoms with Crippen molar-refractivity contribution in [2.45, 2.75) is 13.1 Å². The Hall–Kier alpha value is -3.13. The number of nitrogens with zero attached hydrogens (tertiary/aromatic N) is 3. The molecule has 0 aliphatic carbocycles. The molecule has 1 aromatic heterocycles. The highest BCUT2D eigenvalue weighted by Crippen LogP contribution is 2.21. The zero-order valence-electron chi connectivity index (χ0n) is 15.2. The van der Waals surface area contributed by atoms with E-state index in [0.29, 0.717) is 12.1 Å². The number of hydrogen-bond donors (Lipinski definition) is 1. The number of carbonyl (C=O) groups is 3. The van der Waals surface area contributed by atoms with Gasteiger partial charge in [-0.2, -0.15) is 0 Å². The summed E-state index contributed by atoms with van der Waals surface area (Å²) in [5.74, 6) is 0.502. The molecule has 0 saturated carbocycles. The number of imide groups is 1. The van der Waals surface area contributed by atoms with Gasteiger partial charge in [-0.3, -0.25) is 19.3 Å². The van der Waals surface area contributed by atoms with Crippen LogP contribution < -0.4 is 5.32 Å². The number of carbonyl (C=O) groups excluding carboxylic acids is 3. The van der Waals surface area contributed by atoms with Gasteiger partial charge >= 0.3 is 0 Å². The van der Waals surface area contributed by atoms with Gasteiger partial charge in [0, 0.05) is 12.6 Å². The summed E-state index contributed by atoms with van der Waals surface area (Å²) in [6.07, 6.45) is 0. The molecule has 0 unspecified atom stereocenters. The molecule has 1 saturated heterocycles. The number of thioether (sulfide) groups is 1. The Bertz CT molecular complexity index is 1080. The molecular formula is C20H18N4O3S. The molecule has 1 N–H and O–H groups in total. The fraction of sp³-hybridized carbons (Fsp3) is 0.200. The lowest BCUT2D eigenvalue weighted by atomic mass is 10.1. The van der Waals surface area contributed by atoms with Crippen LogP contribution in [0, 0.1) is 0 Å². The van der Waals surface area contributed by atoms with Gasteiger partial charge in [0.05, 0.1) is 29.9 Å². The van der Waals surface area contributed by atoms with Crippen LogP contribution in [0.4, 0.5) is 4.79 Å². The van der Waals surface area contributed by atoms with Crippen molar-refractivity contribution < 1.29 is 14.4 Å². The molecule has 0 spiro atoms. The highest BCUT2D eigenvalue weighted by atomic mass is 32.2. The van der Waals surface area contributed by atoms with E-state index in [1.807, 2.05) is 35.9 Å². The molecule has 1 aliphatic heterocycles. The van der Waals surface area contributed by atoms with Crippen molar-refractivity contribution in [2.24, 2.45) is 7.05 Å². The van der Waals surface area contributed by atoms with Gasteiger partial charge in [-0.1, -0.05) is 36.0 Å². The van der Waals surface area contributed by atoms with E-state index in [1.165, 1.54) is 4.90 Å². The molecule has 142 valence electrons. The molecule has 0 bridgehead atoms. The summed E-state index contributed by atoms with van der Waals surface area (Å²) < 4.78 is 1.95. The first-order valence-electron chi connectivity index (χ1n) is 8.77. The molecule has 1 aliphatic rings. The van der Waals surface area contributed by atoms with E-state index < -0.39 is 0 Å². The van der Waals surface area contributed by atoms with E-state index in [9.17, 15) is 14.4 Å². The third kappa shape index (κ3) is 3.50. The third-order valence-electron chi connectivity index (χ3n) is 4.66. The molecule has 7 nitrogen and oxygen atoms in total. The summed E-state index contributed by atoms with van der Waals surface area (Å²) in [7, 11) is 1.92. The number of imidazole rings is 1. The monoisotopic (exact) mass is 394 g/mol. The molecule has 2 heterocycles. The van der Waals surface area contributed by atoms with Crippen LogP contribution in [-0.2, 0) is 24.9 Å². The number of aryl methyl sites for hydroxylation is 1. The van der Waals surface area contributed by atoms with E-state index in [2.05, 4.69) is 10.3 Å². The minimum absolute atomic E-state index is 0.177. The zero-order valence-corrected chi connectivity index (χ0v) is 16.0. The first-order chi connectivity index (χ1) is 13.5. The summed E-state index contributed by atoms with van der Waals surface area (Å²) in [6, 6.07) is 14.7. The van der Waals surface area contributed by atoms with Gasteiger partial charge in [-0.25, -0.2) is 4.98 Å². The molecule has 8 heteroatoms. The molecule has 28 heavy (non-hydrogen) atoms. The number of rotatable bonds is 5. The first-order valence-corrected chi connectivity index (χ1v) is 9.76. The molecule has 0 atom stereocenters. The van der Waals surface area contributed by atoms with Crippen LogP contribution in [0.15, 0.2) is 48.5 Å². The van der Waals surface area contributed by atoms with Crippen LogP contribution in [0.1, 0.15) is 21.7 Å². The van der Waals surface area contributed by atoms with Crippen LogP contribution >= 0.6 is 11.8 Å². The van der Waals surface area contributed by atoms with E-state index in [-0.39, 0.29) is 29.4 Å². The Morgan fingerprint density at radius 1 is 1.18 bits per heavy atom. The van der Waals surface area contributed by atoms with Crippen molar-refractivity contribution in [1.29, 1.82) is 0 Å². The predicted octanol–water partition coefficient (Wildman–Crippen LogP) is 2.70. The number of amides is 3. The summed E-state index contributed by atoms with van der Waals surface area (Å²) in [6.45, 7) is 0.477. The SMILES string of the molecule is Cn1c(CNC(=O)c2cccc(CN3C(=O)CSC3=O)c2)nc2ccccc21. The molecule has 2 aromatic carbocycles. The Labute approximate surface area is 165 Å². The van der Waals surface area contributed by atoms with Crippen molar-refractivity contribution in [2.75, 3.05) is 5.75 Å². The standard InChI is InChI=1S/C20H18N4O3S/c1-23-16-8-3-2-7-15(16)22-17(23)10-21-19(26)14-6-4-5-13(9-14)11-24-18(25)12-28-20(24)27/h2-9H,10-12H2,1H3,(H,21,26). The van der Waals surface area contributed by atoms with Crippen molar-refractivity contribution >= 4 is 39.8 Å². The molecule has 0 radical (unpaired) electrons. The van der Waals surface area contributed by atoms with Gasteiger partial charge in [0.1, 0.15) is 5.82 Å². The van der Waals surface area contributed by atoms with Gasteiger partial charge in [-0.05, 0) is 29.8 Å². The topological polar surface area (TPSA) is 84.3 Å². The highest BCUT2D eigenvalue weighted by molar-refractivity contribution is 8.14. The maximum atomic E-state index is 12.6. The lowest BCUT2D eigenvalue weighted by Crippen LogP contribution is -2.28. The maximum absolute atomic E-state index is 12.6. The number of hydrogen-bond acceptors (Lipinski definition) is 5. The average Bonchev–Trinajstić information content (AvgIpc) is 3.20. The van der Waals surface area contributed by atoms with Crippen molar-refractivity contribution in [3.63, 3.8) is 0 Å². The van der Waals surface area contributed by atoms with Gasteiger partial charge in [-0.15, -0.1) is 0 Å². The van der Waals surface area contributed by atoms with Crippen LogP contribution in [0.25, 0.3) is 11.0 Å². The normalized spacial score (nSPS) is 14.1. The van der Waals surface area contributed by atoms with Gasteiger partial charge in [0.25, 0.3) is 11.1 Å². The minimum Gasteiger partial charge on any atom is -0.345 e. The quantitative estimate of drug-likeness (QED) is 0.719. The number of fused-ring (bicyclic) bond motifs is 1. The summed E-state index contributed by atoms with van der Waals surface area (Å²) in [5.41, 5.74) is 3.10. The Morgan fingerprint density at radius 2 is 2.00 bits per heavy atom. The molecular weight excluding hydrogens is 376 g/mol. The van der Waals surface area contributed by atoms with Gasteiger partial charge < -0.3 is 9.88 Å². The Balaban J connectivity index is 1.45. The second kappa shape index (κ2) is 7.47. The van der Waals surface area contributed by atoms with Gasteiger partial charge in [0.2, 0.25) is 5.91 Å². The van der Waals surface area contributed by atoms with Crippen LogP contribution in [0.3, 0.4) is 0 Å². The number of para-hydroxylation sites is 2. The van der Waals surface area contributed by atoms with Gasteiger partial charge in [0.15, 0.2) is 0 Å². The fourth-order valence-electron chi connectivity index (χ4n) is 3.14. The second-order valence-corrected chi connectivity index (χ2v) is 7.42. The third-order valence-corrected chi connectivity index (χ3v) is 5.52. The van der Waals surface area contributed by atoms with Crippen molar-refractivity contribution in [1.82, 2.24) is 19.8 Å². The molecule has 3 amide bonds. The lowest BCUT2D eigenvalue weighted by Gasteiger charge is -2.13. The summed E-state index contributed by atoms with van der Waals surface area (Å²) in [4.78, 5) is 41.8. The predicted molar refractivity (Wildman–Crippen MR) is 107 cm³/mol. The lowest BCUT2D eigenvalue weighted by molar-refractivity contribution is -0.125. The summed E-state index contributed by atoms with van der Waals surface area (Å²) in [5, 5.41) is 2.63. The Kier molecular flexibility index (Phi) is 4.87. The van der Waals surface area contributed by atoms with Crippen LogP contribution in [0.2, 0.25) is 0 Å². The first kappa shape index (κ1) is 18.2. The van der Waals surface area contributed by atoms with Crippen molar-refractivity contribution in [3.8, 4) is 0 Å². The average molecular weight is 394 g/mol. The van der Waals surface area contributed by atoms with Crippen LogP contribution in [-0.4, -0.2) is 37.3 Å². The largest absolute Gasteiger partial charge is 0.345 e. The Morgan fingerprint density at radius 3 is 2.75 bits per heavy atom. The number of nitrogens with one attached hydrogen (secondary N) is 1. The van der Waals surface area contributed by atoms with E-state index >= 15 is 0 Å². The number of aromatic nitrogens is 2. The smallest absolute Gasteiger partial charge is 0.289 e. The highest BCUT2D eigenvalue weighted by Gasteiger charge is 2.29. The number of benzene rings is 2. The molecule has 3 aromatic rings.